The minimum Gasteiger partial charge on any atom is -0.502 e. The Morgan fingerprint density at radius 3 is 2.38 bits per heavy atom. The number of nitrogens with one attached hydrogen (secondary N) is 1. The van der Waals surface area contributed by atoms with E-state index in [2.05, 4.69) is 5.32 Å². The predicted octanol–water partition coefficient (Wildman–Crippen LogP) is 2.60. The summed E-state index contributed by atoms with van der Waals surface area (Å²) < 4.78 is 66.9. The molecule has 14 heteroatoms. The third kappa shape index (κ3) is 8.31. The molecule has 0 spiro atoms. The number of methoxy groups -OCH3 is 3. The van der Waals surface area contributed by atoms with Crippen molar-refractivity contribution >= 4 is 6.29 Å². The lowest BCUT2D eigenvalue weighted by molar-refractivity contribution is -0.209. The summed E-state index contributed by atoms with van der Waals surface area (Å²) in [6.45, 7) is -1.10. The number of benzene rings is 2. The molecule has 250 valence electrons. The Labute approximate surface area is 260 Å². The number of aromatic hydroxyl groups is 1. The second-order valence-corrected chi connectivity index (χ2v) is 11.0. The van der Waals surface area contributed by atoms with Gasteiger partial charge in [-0.25, -0.2) is 8.78 Å². The zero-order valence-corrected chi connectivity index (χ0v) is 25.4. The highest BCUT2D eigenvalue weighted by molar-refractivity contribution is 5.59. The molecule has 6 atom stereocenters. The maximum atomic E-state index is 15.3. The molecule has 5 unspecified atom stereocenters. The van der Waals surface area contributed by atoms with Crippen molar-refractivity contribution in [2.24, 2.45) is 11.8 Å². The number of aliphatic hydroxyl groups excluding tert-OH is 2. The van der Waals surface area contributed by atoms with Crippen LogP contribution in [0, 0.1) is 11.8 Å². The largest absolute Gasteiger partial charge is 0.502 e. The minimum absolute atomic E-state index is 0.0394. The number of hydrogen-bond donors (Lipinski definition) is 4. The molecule has 45 heavy (non-hydrogen) atoms. The monoisotopic (exact) mass is 641 g/mol. The van der Waals surface area contributed by atoms with Crippen LogP contribution >= 0.6 is 0 Å². The summed E-state index contributed by atoms with van der Waals surface area (Å²) in [6, 6.07) is 8.06. The van der Waals surface area contributed by atoms with Gasteiger partial charge in [-0.05, 0) is 41.8 Å². The molecule has 0 bridgehead atoms. The van der Waals surface area contributed by atoms with E-state index in [1.165, 1.54) is 21.3 Å². The SMILES string of the molecule is COCC1C(NCC(F)(F)C2CC(O)CC(COCO)O2)c2cc3c(cc2C[C@H]1C=O)OCO3.COc1cccc(OC)c1O. The maximum absolute atomic E-state index is 15.3. The van der Waals surface area contributed by atoms with Crippen LogP contribution in [0.15, 0.2) is 30.3 Å². The zero-order chi connectivity index (χ0) is 32.6. The van der Waals surface area contributed by atoms with E-state index >= 15 is 8.78 Å². The Bertz CT molecular complexity index is 1240. The third-order valence-corrected chi connectivity index (χ3v) is 8.14. The van der Waals surface area contributed by atoms with Crippen molar-refractivity contribution < 1.29 is 62.1 Å². The quantitative estimate of drug-likeness (QED) is 0.199. The van der Waals surface area contributed by atoms with Gasteiger partial charge >= 0.3 is 0 Å². The van der Waals surface area contributed by atoms with Crippen LogP contribution in [0.5, 0.6) is 28.7 Å². The Morgan fingerprint density at radius 1 is 1.07 bits per heavy atom. The van der Waals surface area contributed by atoms with Gasteiger partial charge in [-0.15, -0.1) is 0 Å². The molecule has 0 saturated carbocycles. The number of fused-ring (bicyclic) bond motifs is 2. The van der Waals surface area contributed by atoms with Gasteiger partial charge in [-0.2, -0.15) is 0 Å². The smallest absolute Gasteiger partial charge is 0.285 e. The van der Waals surface area contributed by atoms with Gasteiger partial charge in [0.25, 0.3) is 5.92 Å². The van der Waals surface area contributed by atoms with Gasteiger partial charge in [0.1, 0.15) is 19.2 Å². The summed E-state index contributed by atoms with van der Waals surface area (Å²) in [5.41, 5.74) is 1.60. The first-order valence-electron chi connectivity index (χ1n) is 14.6. The second kappa shape index (κ2) is 15.8. The predicted molar refractivity (Wildman–Crippen MR) is 155 cm³/mol. The molecule has 0 aromatic heterocycles. The number of carbonyl (C=O) groups excluding carboxylic acids is 1. The van der Waals surface area contributed by atoms with Crippen LogP contribution in [0.4, 0.5) is 8.78 Å². The summed E-state index contributed by atoms with van der Waals surface area (Å²) in [5.74, 6) is -2.13. The van der Waals surface area contributed by atoms with E-state index in [-0.39, 0.29) is 44.5 Å². The molecule has 5 rings (SSSR count). The Balaban J connectivity index is 0.000000354. The number of hydrogen-bond acceptors (Lipinski definition) is 12. The van der Waals surface area contributed by atoms with Gasteiger partial charge in [-0.1, -0.05) is 6.07 Å². The lowest BCUT2D eigenvalue weighted by atomic mass is 9.73. The summed E-state index contributed by atoms with van der Waals surface area (Å²) in [6.07, 6.45) is -2.02. The highest BCUT2D eigenvalue weighted by Crippen LogP contribution is 2.45. The molecule has 0 amide bonds. The van der Waals surface area contributed by atoms with Gasteiger partial charge in [-0.3, -0.25) is 0 Å². The Hall–Kier alpha value is -3.27. The van der Waals surface area contributed by atoms with Crippen LogP contribution in [-0.4, -0.2) is 101 Å². The van der Waals surface area contributed by atoms with E-state index in [1.54, 1.807) is 30.3 Å². The molecule has 0 radical (unpaired) electrons. The highest BCUT2D eigenvalue weighted by Gasteiger charge is 2.47. The summed E-state index contributed by atoms with van der Waals surface area (Å²) >= 11 is 0. The molecular formula is C31H41F2NO11. The third-order valence-electron chi connectivity index (χ3n) is 8.14. The molecule has 2 heterocycles. The number of phenols is 1. The van der Waals surface area contributed by atoms with Crippen molar-refractivity contribution in [3.8, 4) is 28.7 Å². The van der Waals surface area contributed by atoms with E-state index in [4.69, 9.17) is 38.3 Å². The Morgan fingerprint density at radius 2 is 1.76 bits per heavy atom. The first kappa shape index (κ1) is 34.6. The zero-order valence-electron chi connectivity index (χ0n) is 25.4. The molecule has 4 N–H and O–H groups in total. The Kier molecular flexibility index (Phi) is 12.2. The van der Waals surface area contributed by atoms with E-state index in [1.807, 2.05) is 0 Å². The molecule has 2 aromatic rings. The summed E-state index contributed by atoms with van der Waals surface area (Å²) in [4.78, 5) is 11.9. The average molecular weight is 642 g/mol. The standard InChI is InChI=1S/C23H31F2NO8.C8H10O3/c1-30-9-18-14(7-27)2-13-3-19-20(33-12-32-19)6-17(13)22(18)26-10-23(24,25)21-5-15(29)4-16(34-21)8-31-11-28;1-10-6-4-3-5-7(11-2)8(6)9/h3,6-7,14-16,18,21-22,26,28-29H,2,4-5,8-12H2,1H3;3-5,9H,1-2H3/t14-,15?,16?,18?,21?,22?;/m0./s1. The van der Waals surface area contributed by atoms with Crippen molar-refractivity contribution in [1.29, 1.82) is 0 Å². The molecule has 1 aliphatic carbocycles. The number of phenolic OH excluding ortho intramolecular Hbond substituents is 1. The maximum Gasteiger partial charge on any atom is 0.285 e. The number of ether oxygens (including phenoxy) is 7. The number of halogens is 2. The van der Waals surface area contributed by atoms with Crippen molar-refractivity contribution in [2.45, 2.75) is 49.5 Å². The van der Waals surface area contributed by atoms with Crippen molar-refractivity contribution in [2.75, 3.05) is 54.7 Å². The van der Waals surface area contributed by atoms with Crippen LogP contribution in [0.2, 0.25) is 0 Å². The summed E-state index contributed by atoms with van der Waals surface area (Å²) in [5, 5.41) is 31.2. The number of para-hydroxylation sites is 1. The molecule has 12 nitrogen and oxygen atoms in total. The van der Waals surface area contributed by atoms with Crippen LogP contribution in [0.3, 0.4) is 0 Å². The highest BCUT2D eigenvalue weighted by atomic mass is 19.3. The van der Waals surface area contributed by atoms with Crippen LogP contribution in [0.1, 0.15) is 30.0 Å². The second-order valence-electron chi connectivity index (χ2n) is 11.0. The lowest BCUT2D eigenvalue weighted by Gasteiger charge is -2.40. The first-order chi connectivity index (χ1) is 21.6. The molecule has 2 aliphatic heterocycles. The van der Waals surface area contributed by atoms with E-state index in [0.29, 0.717) is 29.4 Å². The topological polar surface area (TPSA) is 154 Å². The summed E-state index contributed by atoms with van der Waals surface area (Å²) in [7, 11) is 4.50. The van der Waals surface area contributed by atoms with Gasteiger partial charge in [0.05, 0.1) is 46.2 Å². The molecular weight excluding hydrogens is 600 g/mol. The number of aldehydes is 1. The fourth-order valence-corrected chi connectivity index (χ4v) is 5.92. The van der Waals surface area contributed by atoms with Crippen molar-refractivity contribution in [3.63, 3.8) is 0 Å². The van der Waals surface area contributed by atoms with Gasteiger partial charge in [0, 0.05) is 37.8 Å². The number of carbonyl (C=O) groups is 1. The van der Waals surface area contributed by atoms with Crippen molar-refractivity contribution in [3.05, 3.63) is 41.5 Å². The molecule has 2 aromatic carbocycles. The average Bonchev–Trinajstić information content (AvgIpc) is 3.49. The van der Waals surface area contributed by atoms with E-state index < -0.39 is 49.5 Å². The molecule has 1 fully saturated rings. The van der Waals surface area contributed by atoms with Gasteiger partial charge in [0.15, 0.2) is 23.0 Å². The van der Waals surface area contributed by atoms with Crippen LogP contribution in [0.25, 0.3) is 0 Å². The fourth-order valence-electron chi connectivity index (χ4n) is 5.92. The number of rotatable bonds is 12. The van der Waals surface area contributed by atoms with Crippen LogP contribution in [-0.2, 0) is 25.4 Å². The first-order valence-corrected chi connectivity index (χ1v) is 14.6. The van der Waals surface area contributed by atoms with Gasteiger partial charge < -0.3 is 58.6 Å². The van der Waals surface area contributed by atoms with Crippen LogP contribution < -0.4 is 24.3 Å². The van der Waals surface area contributed by atoms with Crippen molar-refractivity contribution in [1.82, 2.24) is 5.32 Å². The fraction of sp³-hybridized carbons (Fsp3) is 0.581. The molecule has 3 aliphatic rings. The molecule has 1 saturated heterocycles. The number of aliphatic hydroxyl groups is 2. The minimum atomic E-state index is -3.32. The van der Waals surface area contributed by atoms with E-state index in [0.717, 1.165) is 17.4 Å². The lowest BCUT2D eigenvalue weighted by Crippen LogP contribution is -2.53. The normalized spacial score (nSPS) is 25.5. The van der Waals surface area contributed by atoms with E-state index in [9.17, 15) is 15.0 Å². The number of alkyl halides is 2. The van der Waals surface area contributed by atoms with Gasteiger partial charge in [0.2, 0.25) is 12.5 Å².